The SMILES string of the molecule is Cc1nn(CC(=O)N2CCc3ccccc32)c(C)c1S(=O)(=O)N1CCCC(C(=O)Nc2nccs2)C1. The van der Waals surface area contributed by atoms with Gasteiger partial charge < -0.3 is 10.2 Å². The van der Waals surface area contributed by atoms with E-state index < -0.39 is 15.9 Å². The van der Waals surface area contributed by atoms with Gasteiger partial charge in [0.1, 0.15) is 11.4 Å². The quantitative estimate of drug-likeness (QED) is 0.526. The van der Waals surface area contributed by atoms with Crippen molar-refractivity contribution in [2.45, 2.75) is 44.6 Å². The average Bonchev–Trinajstić information content (AvgIpc) is 3.59. The van der Waals surface area contributed by atoms with E-state index in [1.54, 1.807) is 30.3 Å². The maximum absolute atomic E-state index is 13.7. The van der Waals surface area contributed by atoms with Crippen molar-refractivity contribution in [1.29, 1.82) is 0 Å². The highest BCUT2D eigenvalue weighted by atomic mass is 32.2. The molecule has 0 saturated carbocycles. The van der Waals surface area contributed by atoms with Gasteiger partial charge in [-0.1, -0.05) is 18.2 Å². The van der Waals surface area contributed by atoms with Crippen molar-refractivity contribution in [3.8, 4) is 0 Å². The number of sulfonamides is 1. The molecule has 1 fully saturated rings. The maximum Gasteiger partial charge on any atom is 0.248 e. The Balaban J connectivity index is 1.33. The minimum Gasteiger partial charge on any atom is -0.310 e. The molecule has 1 atom stereocenters. The smallest absolute Gasteiger partial charge is 0.248 e. The van der Waals surface area contributed by atoms with Gasteiger partial charge in [-0.3, -0.25) is 14.3 Å². The van der Waals surface area contributed by atoms with Crippen LogP contribution in [0.1, 0.15) is 29.8 Å². The molecule has 5 rings (SSSR count). The van der Waals surface area contributed by atoms with Gasteiger partial charge in [-0.25, -0.2) is 13.4 Å². The van der Waals surface area contributed by atoms with Crippen LogP contribution in [0.4, 0.5) is 10.8 Å². The number of aromatic nitrogens is 3. The predicted molar refractivity (Wildman–Crippen MR) is 136 cm³/mol. The van der Waals surface area contributed by atoms with Gasteiger partial charge in [0.05, 0.1) is 17.3 Å². The standard InChI is InChI=1S/C24H28N6O4S2/c1-16-22(17(2)30(27-16)15-21(31)29-12-9-18-6-3-4-8-20(18)29)36(33,34)28-11-5-7-19(14-28)23(32)26-24-25-10-13-35-24/h3-4,6,8,10,13,19H,5,7,9,11-12,14-15H2,1-2H3,(H,25,26,32). The van der Waals surface area contributed by atoms with Crippen LogP contribution >= 0.6 is 11.3 Å². The molecule has 2 aromatic heterocycles. The molecule has 2 amide bonds. The second kappa shape index (κ2) is 9.75. The van der Waals surface area contributed by atoms with Gasteiger partial charge in [0, 0.05) is 36.9 Å². The molecule has 10 nitrogen and oxygen atoms in total. The van der Waals surface area contributed by atoms with E-state index in [4.69, 9.17) is 0 Å². The van der Waals surface area contributed by atoms with E-state index in [0.717, 1.165) is 17.7 Å². The molecular weight excluding hydrogens is 500 g/mol. The van der Waals surface area contributed by atoms with E-state index in [9.17, 15) is 18.0 Å². The number of anilines is 2. The fraction of sp³-hybridized carbons (Fsp3) is 0.417. The Labute approximate surface area is 214 Å². The molecule has 3 aromatic rings. The Morgan fingerprint density at radius 2 is 2.00 bits per heavy atom. The summed E-state index contributed by atoms with van der Waals surface area (Å²) in [5.41, 5.74) is 2.78. The first kappa shape index (κ1) is 24.6. The van der Waals surface area contributed by atoms with E-state index >= 15 is 0 Å². The van der Waals surface area contributed by atoms with Gasteiger partial charge in [0.2, 0.25) is 21.8 Å². The molecule has 1 saturated heterocycles. The normalized spacial score (nSPS) is 18.3. The van der Waals surface area contributed by atoms with Crippen LogP contribution in [-0.4, -0.2) is 58.9 Å². The molecule has 1 aromatic carbocycles. The second-order valence-electron chi connectivity index (χ2n) is 9.11. The zero-order chi connectivity index (χ0) is 25.4. The topological polar surface area (TPSA) is 118 Å². The molecule has 12 heteroatoms. The molecule has 1 unspecified atom stereocenters. The number of carbonyl (C=O) groups is 2. The Hall–Kier alpha value is -3.09. The van der Waals surface area contributed by atoms with E-state index in [1.807, 2.05) is 24.3 Å². The number of hydrogen-bond donors (Lipinski definition) is 1. The lowest BCUT2D eigenvalue weighted by atomic mass is 9.99. The number of aryl methyl sites for hydroxylation is 1. The lowest BCUT2D eigenvalue weighted by Gasteiger charge is -2.31. The predicted octanol–water partition coefficient (Wildman–Crippen LogP) is 2.59. The Morgan fingerprint density at radius 1 is 1.19 bits per heavy atom. The number of thiazole rings is 1. The minimum atomic E-state index is -3.90. The summed E-state index contributed by atoms with van der Waals surface area (Å²) in [6, 6.07) is 7.80. The number of amides is 2. The summed E-state index contributed by atoms with van der Waals surface area (Å²) in [5, 5.41) is 9.46. The van der Waals surface area contributed by atoms with Crippen molar-refractivity contribution in [2.24, 2.45) is 5.92 Å². The molecule has 2 aliphatic rings. The number of benzene rings is 1. The molecule has 0 bridgehead atoms. The maximum atomic E-state index is 13.7. The third-order valence-electron chi connectivity index (χ3n) is 6.80. The Bertz CT molecular complexity index is 1400. The van der Waals surface area contributed by atoms with Crippen LogP contribution in [0, 0.1) is 19.8 Å². The van der Waals surface area contributed by atoms with Crippen LogP contribution in [0.3, 0.4) is 0 Å². The molecule has 2 aliphatic heterocycles. The number of nitrogens with one attached hydrogen (secondary N) is 1. The number of hydrogen-bond acceptors (Lipinski definition) is 7. The molecule has 190 valence electrons. The van der Waals surface area contributed by atoms with E-state index in [0.29, 0.717) is 42.5 Å². The largest absolute Gasteiger partial charge is 0.310 e. The van der Waals surface area contributed by atoms with Gasteiger partial charge in [0.25, 0.3) is 0 Å². The number of fused-ring (bicyclic) bond motifs is 1. The summed E-state index contributed by atoms with van der Waals surface area (Å²) >= 11 is 1.32. The van der Waals surface area contributed by atoms with Crippen LogP contribution in [0.2, 0.25) is 0 Å². The third kappa shape index (κ3) is 4.56. The lowest BCUT2D eigenvalue weighted by molar-refractivity contribution is -0.121. The summed E-state index contributed by atoms with van der Waals surface area (Å²) < 4.78 is 30.2. The minimum absolute atomic E-state index is 0.0463. The van der Waals surface area contributed by atoms with E-state index in [1.165, 1.54) is 20.3 Å². The summed E-state index contributed by atoms with van der Waals surface area (Å²) in [6.45, 7) is 4.29. The number of carbonyl (C=O) groups excluding carboxylic acids is 2. The van der Waals surface area contributed by atoms with Crippen molar-refractivity contribution in [2.75, 3.05) is 29.9 Å². The van der Waals surface area contributed by atoms with Gasteiger partial charge in [-0.2, -0.15) is 9.40 Å². The third-order valence-corrected chi connectivity index (χ3v) is 9.61. The molecule has 4 heterocycles. The van der Waals surface area contributed by atoms with Crippen molar-refractivity contribution in [3.05, 3.63) is 52.8 Å². The van der Waals surface area contributed by atoms with Crippen molar-refractivity contribution >= 4 is 44.0 Å². The zero-order valence-corrected chi connectivity index (χ0v) is 21.8. The van der Waals surface area contributed by atoms with Crippen LogP contribution in [0.5, 0.6) is 0 Å². The number of nitrogens with zero attached hydrogens (tertiary/aromatic N) is 5. The number of piperidine rings is 1. The summed E-state index contributed by atoms with van der Waals surface area (Å²) in [7, 11) is -3.90. The first-order chi connectivity index (χ1) is 17.3. The monoisotopic (exact) mass is 528 g/mol. The van der Waals surface area contributed by atoms with Gasteiger partial charge in [-0.05, 0) is 44.7 Å². The number of para-hydroxylation sites is 1. The molecule has 0 spiro atoms. The van der Waals surface area contributed by atoms with E-state index in [-0.39, 0.29) is 29.8 Å². The molecular formula is C24H28N6O4S2. The number of rotatable bonds is 6. The van der Waals surface area contributed by atoms with E-state index in [2.05, 4.69) is 15.4 Å². The molecule has 1 N–H and O–H groups in total. The summed E-state index contributed by atoms with van der Waals surface area (Å²) in [4.78, 5) is 31.7. The van der Waals surface area contributed by atoms with Crippen molar-refractivity contribution in [3.63, 3.8) is 0 Å². The molecule has 0 radical (unpaired) electrons. The highest BCUT2D eigenvalue weighted by Gasteiger charge is 2.37. The fourth-order valence-electron chi connectivity index (χ4n) is 5.01. The van der Waals surface area contributed by atoms with Crippen LogP contribution in [-0.2, 0) is 32.6 Å². The van der Waals surface area contributed by atoms with Gasteiger partial charge in [-0.15, -0.1) is 11.3 Å². The van der Waals surface area contributed by atoms with Crippen LogP contribution < -0.4 is 10.2 Å². The fourth-order valence-corrected chi connectivity index (χ4v) is 7.44. The second-order valence-corrected chi connectivity index (χ2v) is 11.9. The first-order valence-electron chi connectivity index (χ1n) is 11.9. The molecule has 36 heavy (non-hydrogen) atoms. The average molecular weight is 529 g/mol. The van der Waals surface area contributed by atoms with Crippen LogP contribution in [0.25, 0.3) is 0 Å². The van der Waals surface area contributed by atoms with Crippen molar-refractivity contribution < 1.29 is 18.0 Å². The van der Waals surface area contributed by atoms with Gasteiger partial charge >= 0.3 is 0 Å². The first-order valence-corrected chi connectivity index (χ1v) is 14.2. The van der Waals surface area contributed by atoms with Gasteiger partial charge in [0.15, 0.2) is 5.13 Å². The summed E-state index contributed by atoms with van der Waals surface area (Å²) in [6.07, 6.45) is 3.58. The highest BCUT2D eigenvalue weighted by Crippen LogP contribution is 2.30. The Kier molecular flexibility index (Phi) is 6.66. The Morgan fingerprint density at radius 3 is 2.78 bits per heavy atom. The lowest BCUT2D eigenvalue weighted by Crippen LogP contribution is -2.44. The van der Waals surface area contributed by atoms with Crippen molar-refractivity contribution in [1.82, 2.24) is 19.1 Å². The van der Waals surface area contributed by atoms with Crippen LogP contribution in [0.15, 0.2) is 40.7 Å². The highest BCUT2D eigenvalue weighted by molar-refractivity contribution is 7.89. The summed E-state index contributed by atoms with van der Waals surface area (Å²) in [5.74, 6) is -0.832. The molecule has 0 aliphatic carbocycles. The zero-order valence-electron chi connectivity index (χ0n) is 20.2.